The molecule has 0 aliphatic rings. The van der Waals surface area contributed by atoms with E-state index < -0.39 is 0 Å². The van der Waals surface area contributed by atoms with E-state index in [1.54, 1.807) is 11.8 Å². The maximum atomic E-state index is 5.47. The zero-order valence-corrected chi connectivity index (χ0v) is 10.6. The van der Waals surface area contributed by atoms with Gasteiger partial charge in [-0.1, -0.05) is 23.8 Å². The lowest BCUT2D eigenvalue weighted by atomic mass is 10.1. The van der Waals surface area contributed by atoms with Gasteiger partial charge in [0, 0.05) is 11.5 Å². The molecule has 0 N–H and O–H groups in total. The first-order valence-corrected chi connectivity index (χ1v) is 6.55. The Kier molecular flexibility index (Phi) is 3.34. The van der Waals surface area contributed by atoms with Gasteiger partial charge in [0.2, 0.25) is 5.88 Å². The quantitative estimate of drug-likeness (QED) is 0.755. The SMILES string of the molecule is CCOc1cc2cc(C)ccc2c(SC)n1. The summed E-state index contributed by atoms with van der Waals surface area (Å²) in [5.41, 5.74) is 1.26. The van der Waals surface area contributed by atoms with Crippen molar-refractivity contribution in [1.29, 1.82) is 0 Å². The molecule has 2 aromatic rings. The first kappa shape index (κ1) is 11.3. The summed E-state index contributed by atoms with van der Waals surface area (Å²) in [7, 11) is 0. The molecule has 3 heteroatoms. The van der Waals surface area contributed by atoms with Gasteiger partial charge in [-0.15, -0.1) is 11.8 Å². The molecular formula is C13H15NOS. The fourth-order valence-corrected chi connectivity index (χ4v) is 2.29. The Bertz CT molecular complexity index is 511. The molecule has 16 heavy (non-hydrogen) atoms. The van der Waals surface area contributed by atoms with Gasteiger partial charge < -0.3 is 4.74 Å². The number of aryl methyl sites for hydroxylation is 1. The molecule has 0 bridgehead atoms. The first-order chi connectivity index (χ1) is 7.74. The average molecular weight is 233 g/mol. The number of pyridine rings is 1. The minimum Gasteiger partial charge on any atom is -0.478 e. The summed E-state index contributed by atoms with van der Waals surface area (Å²) in [6.07, 6.45) is 2.04. The van der Waals surface area contributed by atoms with E-state index in [1.807, 2.05) is 19.2 Å². The highest BCUT2D eigenvalue weighted by Gasteiger charge is 2.05. The van der Waals surface area contributed by atoms with Crippen molar-refractivity contribution in [1.82, 2.24) is 4.98 Å². The van der Waals surface area contributed by atoms with Crippen molar-refractivity contribution in [2.75, 3.05) is 12.9 Å². The van der Waals surface area contributed by atoms with Crippen LogP contribution in [0.5, 0.6) is 5.88 Å². The van der Waals surface area contributed by atoms with Gasteiger partial charge in [-0.2, -0.15) is 0 Å². The molecule has 0 saturated heterocycles. The summed E-state index contributed by atoms with van der Waals surface area (Å²) in [6, 6.07) is 8.41. The lowest BCUT2D eigenvalue weighted by molar-refractivity contribution is 0.325. The van der Waals surface area contributed by atoms with Crippen LogP contribution in [0.2, 0.25) is 0 Å². The van der Waals surface area contributed by atoms with Gasteiger partial charge in [0.05, 0.1) is 6.61 Å². The molecule has 1 aromatic carbocycles. The van der Waals surface area contributed by atoms with Crippen LogP contribution in [0.15, 0.2) is 29.3 Å². The summed E-state index contributed by atoms with van der Waals surface area (Å²) in [5.74, 6) is 0.713. The lowest BCUT2D eigenvalue weighted by Crippen LogP contribution is -1.95. The van der Waals surface area contributed by atoms with Crippen molar-refractivity contribution >= 4 is 22.5 Å². The molecule has 84 valence electrons. The van der Waals surface area contributed by atoms with Crippen LogP contribution in [-0.4, -0.2) is 17.8 Å². The van der Waals surface area contributed by atoms with Crippen molar-refractivity contribution in [2.45, 2.75) is 18.9 Å². The fraction of sp³-hybridized carbons (Fsp3) is 0.308. The maximum Gasteiger partial charge on any atom is 0.214 e. The molecule has 2 rings (SSSR count). The minimum atomic E-state index is 0.651. The highest BCUT2D eigenvalue weighted by atomic mass is 32.2. The van der Waals surface area contributed by atoms with Crippen molar-refractivity contribution in [2.24, 2.45) is 0 Å². The third kappa shape index (κ3) is 2.14. The molecule has 1 heterocycles. The Balaban J connectivity index is 2.63. The predicted octanol–water partition coefficient (Wildman–Crippen LogP) is 3.66. The van der Waals surface area contributed by atoms with Crippen molar-refractivity contribution < 1.29 is 4.74 Å². The summed E-state index contributed by atoms with van der Waals surface area (Å²) in [6.45, 7) is 4.72. The van der Waals surface area contributed by atoms with Crippen molar-refractivity contribution in [3.63, 3.8) is 0 Å². The molecule has 0 amide bonds. The van der Waals surface area contributed by atoms with Gasteiger partial charge in [0.1, 0.15) is 5.03 Å². The number of benzene rings is 1. The fourth-order valence-electron chi connectivity index (χ4n) is 1.70. The number of hydrogen-bond acceptors (Lipinski definition) is 3. The standard InChI is InChI=1S/C13H15NOS/c1-4-15-12-8-10-7-9(2)5-6-11(10)13(14-12)16-3/h5-8H,4H2,1-3H3. The summed E-state index contributed by atoms with van der Waals surface area (Å²) in [4.78, 5) is 4.48. The van der Waals surface area contributed by atoms with Crippen LogP contribution in [0, 0.1) is 6.92 Å². The van der Waals surface area contributed by atoms with Crippen LogP contribution >= 0.6 is 11.8 Å². The highest BCUT2D eigenvalue weighted by molar-refractivity contribution is 7.98. The predicted molar refractivity (Wildman–Crippen MR) is 69.4 cm³/mol. The Hall–Kier alpha value is -1.22. The van der Waals surface area contributed by atoms with E-state index in [4.69, 9.17) is 4.74 Å². The van der Waals surface area contributed by atoms with E-state index in [0.29, 0.717) is 12.5 Å². The van der Waals surface area contributed by atoms with Gasteiger partial charge in [0.15, 0.2) is 0 Å². The number of hydrogen-bond donors (Lipinski definition) is 0. The normalized spacial score (nSPS) is 10.7. The van der Waals surface area contributed by atoms with Crippen LogP contribution in [0.4, 0.5) is 0 Å². The van der Waals surface area contributed by atoms with Crippen LogP contribution < -0.4 is 4.74 Å². The topological polar surface area (TPSA) is 22.1 Å². The maximum absolute atomic E-state index is 5.47. The molecule has 0 fully saturated rings. The number of fused-ring (bicyclic) bond motifs is 1. The Labute approximate surface area is 100 Å². The molecule has 2 nitrogen and oxygen atoms in total. The van der Waals surface area contributed by atoms with E-state index in [2.05, 4.69) is 30.1 Å². The molecule has 0 atom stereocenters. The molecular weight excluding hydrogens is 218 g/mol. The minimum absolute atomic E-state index is 0.651. The van der Waals surface area contributed by atoms with E-state index in [0.717, 1.165) is 5.03 Å². The number of nitrogens with zero attached hydrogens (tertiary/aromatic N) is 1. The van der Waals surface area contributed by atoms with E-state index in [1.165, 1.54) is 16.3 Å². The third-order valence-corrected chi connectivity index (χ3v) is 3.11. The first-order valence-electron chi connectivity index (χ1n) is 5.32. The van der Waals surface area contributed by atoms with Crippen molar-refractivity contribution in [3.8, 4) is 5.88 Å². The number of ether oxygens (including phenoxy) is 1. The number of rotatable bonds is 3. The van der Waals surface area contributed by atoms with Crippen LogP contribution in [0.1, 0.15) is 12.5 Å². The second-order valence-electron chi connectivity index (χ2n) is 3.63. The second-order valence-corrected chi connectivity index (χ2v) is 4.42. The molecule has 0 saturated carbocycles. The Morgan fingerprint density at radius 2 is 2.12 bits per heavy atom. The zero-order valence-electron chi connectivity index (χ0n) is 9.78. The number of aromatic nitrogens is 1. The Morgan fingerprint density at radius 1 is 1.31 bits per heavy atom. The largest absolute Gasteiger partial charge is 0.478 e. The summed E-state index contributed by atoms with van der Waals surface area (Å²) < 4.78 is 5.47. The molecule has 0 aliphatic heterocycles. The van der Waals surface area contributed by atoms with Crippen LogP contribution in [0.25, 0.3) is 10.8 Å². The highest BCUT2D eigenvalue weighted by Crippen LogP contribution is 2.28. The molecule has 0 unspecified atom stereocenters. The average Bonchev–Trinajstić information content (AvgIpc) is 2.27. The summed E-state index contributed by atoms with van der Waals surface area (Å²) >= 11 is 1.65. The van der Waals surface area contributed by atoms with E-state index >= 15 is 0 Å². The lowest BCUT2D eigenvalue weighted by Gasteiger charge is -2.08. The van der Waals surface area contributed by atoms with Gasteiger partial charge in [-0.05, 0) is 25.5 Å². The molecule has 0 spiro atoms. The number of thioether (sulfide) groups is 1. The monoisotopic (exact) mass is 233 g/mol. The third-order valence-electron chi connectivity index (χ3n) is 2.41. The van der Waals surface area contributed by atoms with Gasteiger partial charge in [-0.3, -0.25) is 0 Å². The van der Waals surface area contributed by atoms with Crippen LogP contribution in [0.3, 0.4) is 0 Å². The zero-order chi connectivity index (χ0) is 11.5. The molecule has 0 radical (unpaired) electrons. The van der Waals surface area contributed by atoms with Gasteiger partial charge >= 0.3 is 0 Å². The molecule has 0 aliphatic carbocycles. The smallest absolute Gasteiger partial charge is 0.214 e. The Morgan fingerprint density at radius 3 is 2.81 bits per heavy atom. The molecule has 1 aromatic heterocycles. The van der Waals surface area contributed by atoms with Crippen molar-refractivity contribution in [3.05, 3.63) is 29.8 Å². The van der Waals surface area contributed by atoms with Crippen LogP contribution in [-0.2, 0) is 0 Å². The van der Waals surface area contributed by atoms with E-state index in [-0.39, 0.29) is 0 Å². The summed E-state index contributed by atoms with van der Waals surface area (Å²) in [5, 5.41) is 3.42. The van der Waals surface area contributed by atoms with E-state index in [9.17, 15) is 0 Å². The second kappa shape index (κ2) is 4.74. The van der Waals surface area contributed by atoms with Gasteiger partial charge in [-0.25, -0.2) is 4.98 Å². The van der Waals surface area contributed by atoms with Gasteiger partial charge in [0.25, 0.3) is 0 Å².